The van der Waals surface area contributed by atoms with Gasteiger partial charge in [0, 0.05) is 12.1 Å². The minimum Gasteiger partial charge on any atom is -0.475 e. The first-order valence-corrected chi connectivity index (χ1v) is 13.6. The number of anilines is 2. The Kier molecular flexibility index (Phi) is 8.39. The van der Waals surface area contributed by atoms with Gasteiger partial charge in [-0.3, -0.25) is 0 Å². The van der Waals surface area contributed by atoms with Crippen molar-refractivity contribution in [1.29, 1.82) is 0 Å². The maximum absolute atomic E-state index is 10.6. The third kappa shape index (κ3) is 7.13. The van der Waals surface area contributed by atoms with Crippen LogP contribution in [0, 0.1) is 11.8 Å². The van der Waals surface area contributed by atoms with Crippen LogP contribution in [0.2, 0.25) is 5.02 Å². The Morgan fingerprint density at radius 2 is 1.98 bits per heavy atom. The highest BCUT2D eigenvalue weighted by Crippen LogP contribution is 2.33. The number of hydrogen-bond acceptors (Lipinski definition) is 7. The molecule has 3 aromatic heterocycles. The molecule has 5 aromatic rings. The van der Waals surface area contributed by atoms with Crippen LogP contribution < -0.4 is 10.6 Å². The SMILES string of the molecule is Clc1cc(Nc2ncnc3cc(C#C[C@H]4CCCN4)sc23)cc2[nH]c(Cc3ccccc3)nc12.O=C(O)C(F)(F)F. The Labute approximate surface area is 241 Å². The Morgan fingerprint density at radius 3 is 2.68 bits per heavy atom. The molecule has 0 spiro atoms. The molecule has 41 heavy (non-hydrogen) atoms. The van der Waals surface area contributed by atoms with Crippen molar-refractivity contribution in [2.24, 2.45) is 0 Å². The number of nitrogens with one attached hydrogen (secondary N) is 3. The van der Waals surface area contributed by atoms with Crippen LogP contribution in [0.5, 0.6) is 0 Å². The van der Waals surface area contributed by atoms with E-state index in [2.05, 4.69) is 49.6 Å². The number of rotatable bonds is 4. The van der Waals surface area contributed by atoms with Gasteiger partial charge in [-0.1, -0.05) is 53.8 Å². The van der Waals surface area contributed by atoms with Crippen molar-refractivity contribution in [2.75, 3.05) is 11.9 Å². The van der Waals surface area contributed by atoms with Gasteiger partial charge in [-0.25, -0.2) is 19.7 Å². The fourth-order valence-corrected chi connectivity index (χ4v) is 5.36. The van der Waals surface area contributed by atoms with Gasteiger partial charge in [0.15, 0.2) is 5.82 Å². The van der Waals surface area contributed by atoms with Crippen molar-refractivity contribution in [2.45, 2.75) is 31.5 Å². The highest BCUT2D eigenvalue weighted by Gasteiger charge is 2.38. The lowest BCUT2D eigenvalue weighted by molar-refractivity contribution is -0.192. The molecule has 1 saturated heterocycles. The lowest BCUT2D eigenvalue weighted by atomic mass is 10.1. The first-order valence-electron chi connectivity index (χ1n) is 12.4. The molecule has 2 aromatic carbocycles. The molecule has 0 aliphatic carbocycles. The molecule has 210 valence electrons. The minimum atomic E-state index is -5.08. The van der Waals surface area contributed by atoms with Crippen LogP contribution >= 0.6 is 22.9 Å². The molecule has 6 rings (SSSR count). The van der Waals surface area contributed by atoms with E-state index in [9.17, 15) is 13.2 Å². The van der Waals surface area contributed by atoms with Crippen molar-refractivity contribution in [3.8, 4) is 11.8 Å². The third-order valence-electron chi connectivity index (χ3n) is 6.05. The highest BCUT2D eigenvalue weighted by molar-refractivity contribution is 7.20. The highest BCUT2D eigenvalue weighted by atomic mass is 35.5. The summed E-state index contributed by atoms with van der Waals surface area (Å²) >= 11 is 8.19. The first kappa shape index (κ1) is 28.4. The van der Waals surface area contributed by atoms with E-state index in [0.29, 0.717) is 5.02 Å². The third-order valence-corrected chi connectivity index (χ3v) is 7.38. The molecule has 13 heteroatoms. The van der Waals surface area contributed by atoms with Gasteiger partial charge >= 0.3 is 12.1 Å². The predicted octanol–water partition coefficient (Wildman–Crippen LogP) is 6.29. The van der Waals surface area contributed by atoms with Crippen molar-refractivity contribution < 1.29 is 23.1 Å². The number of fused-ring (bicyclic) bond motifs is 2. The van der Waals surface area contributed by atoms with Crippen molar-refractivity contribution in [3.05, 3.63) is 76.1 Å². The summed E-state index contributed by atoms with van der Waals surface area (Å²) in [5.74, 6) is 5.48. The lowest BCUT2D eigenvalue weighted by Gasteiger charge is -2.07. The molecule has 0 saturated carbocycles. The summed E-state index contributed by atoms with van der Waals surface area (Å²) in [4.78, 5) is 26.9. The number of aromatic amines is 1. The number of aliphatic carboxylic acids is 1. The Morgan fingerprint density at radius 1 is 1.20 bits per heavy atom. The minimum absolute atomic E-state index is 0.281. The smallest absolute Gasteiger partial charge is 0.475 e. The number of aromatic nitrogens is 4. The summed E-state index contributed by atoms with van der Waals surface area (Å²) in [6, 6.07) is 16.4. The second-order valence-corrected chi connectivity index (χ2v) is 10.6. The number of imidazole rings is 1. The fourth-order valence-electron chi connectivity index (χ4n) is 4.18. The number of carbonyl (C=O) groups is 1. The zero-order valence-electron chi connectivity index (χ0n) is 21.2. The standard InChI is InChI=1S/C26H21ClN6S.C2HF3O2/c27-20-12-18(13-21-24(20)33-23(32-21)11-16-5-2-1-3-6-16)31-26-25-22(29-15-30-26)14-19(34-25)9-8-17-7-4-10-28-17;3-2(4,5)1(6)7/h1-3,5-6,12-15,17,28H,4,7,10-11H2,(H,32,33)(H,29,30,31);(H,6,7)/t17-;/m1./s1. The van der Waals surface area contributed by atoms with Crippen molar-refractivity contribution in [3.63, 3.8) is 0 Å². The second-order valence-electron chi connectivity index (χ2n) is 9.09. The number of thiophene rings is 1. The summed E-state index contributed by atoms with van der Waals surface area (Å²) < 4.78 is 32.7. The first-order chi connectivity index (χ1) is 19.7. The predicted molar refractivity (Wildman–Crippen MR) is 153 cm³/mol. The number of halogens is 4. The van der Waals surface area contributed by atoms with Gasteiger partial charge in [-0.05, 0) is 43.1 Å². The maximum atomic E-state index is 10.6. The van der Waals surface area contributed by atoms with Gasteiger partial charge in [-0.2, -0.15) is 13.2 Å². The maximum Gasteiger partial charge on any atom is 0.490 e. The summed E-state index contributed by atoms with van der Waals surface area (Å²) in [5.41, 5.74) is 4.56. The van der Waals surface area contributed by atoms with Gasteiger partial charge in [0.25, 0.3) is 0 Å². The molecule has 1 atom stereocenters. The summed E-state index contributed by atoms with van der Waals surface area (Å²) in [6.07, 6.45) is -0.505. The average molecular weight is 599 g/mol. The van der Waals surface area contributed by atoms with E-state index in [-0.39, 0.29) is 6.04 Å². The summed E-state index contributed by atoms with van der Waals surface area (Å²) in [7, 11) is 0. The van der Waals surface area contributed by atoms with E-state index in [1.807, 2.05) is 36.4 Å². The topological polar surface area (TPSA) is 116 Å². The quantitative estimate of drug-likeness (QED) is 0.180. The van der Waals surface area contributed by atoms with Gasteiger partial charge in [0.1, 0.15) is 17.7 Å². The Balaban J connectivity index is 0.000000431. The van der Waals surface area contributed by atoms with Gasteiger partial charge in [-0.15, -0.1) is 11.3 Å². The largest absolute Gasteiger partial charge is 0.490 e. The van der Waals surface area contributed by atoms with Crippen LogP contribution in [0.4, 0.5) is 24.7 Å². The second kappa shape index (κ2) is 12.1. The molecule has 4 N–H and O–H groups in total. The van der Waals surface area contributed by atoms with Crippen LogP contribution in [0.3, 0.4) is 0 Å². The van der Waals surface area contributed by atoms with Crippen molar-refractivity contribution >= 4 is 61.7 Å². The lowest BCUT2D eigenvalue weighted by Crippen LogP contribution is -2.21. The summed E-state index contributed by atoms with van der Waals surface area (Å²) in [6.45, 7) is 1.04. The zero-order chi connectivity index (χ0) is 29.0. The normalized spacial score (nSPS) is 14.8. The molecule has 0 bridgehead atoms. The van der Waals surface area contributed by atoms with Gasteiger partial charge < -0.3 is 20.7 Å². The molecule has 0 radical (unpaired) electrons. The zero-order valence-corrected chi connectivity index (χ0v) is 22.8. The van der Waals surface area contributed by atoms with Crippen LogP contribution in [0.25, 0.3) is 21.3 Å². The number of H-pyrrole nitrogens is 1. The van der Waals surface area contributed by atoms with E-state index < -0.39 is 12.1 Å². The van der Waals surface area contributed by atoms with E-state index in [1.165, 1.54) is 12.0 Å². The van der Waals surface area contributed by atoms with E-state index >= 15 is 0 Å². The Hall–Kier alpha value is -4.18. The monoisotopic (exact) mass is 598 g/mol. The summed E-state index contributed by atoms with van der Waals surface area (Å²) in [5, 5.41) is 14.5. The number of nitrogens with zero attached hydrogens (tertiary/aromatic N) is 3. The number of hydrogen-bond donors (Lipinski definition) is 4. The van der Waals surface area contributed by atoms with E-state index in [4.69, 9.17) is 26.5 Å². The van der Waals surface area contributed by atoms with Gasteiger partial charge in [0.2, 0.25) is 0 Å². The van der Waals surface area contributed by atoms with Crippen LogP contribution in [0.15, 0.2) is 54.9 Å². The number of benzene rings is 2. The molecular formula is C28H22ClF3N6O2S. The molecule has 4 heterocycles. The van der Waals surface area contributed by atoms with Crippen LogP contribution in [0.1, 0.15) is 29.1 Å². The number of carboxylic acid groups (broad SMARTS) is 1. The Bertz CT molecular complexity index is 1760. The van der Waals surface area contributed by atoms with Crippen molar-refractivity contribution in [1.82, 2.24) is 25.3 Å². The molecule has 1 aliphatic heterocycles. The molecule has 0 amide bonds. The average Bonchev–Trinajstić information content (AvgIpc) is 3.68. The molecule has 8 nitrogen and oxygen atoms in total. The fraction of sp³-hybridized carbons (Fsp3) is 0.214. The number of alkyl halides is 3. The molecule has 0 unspecified atom stereocenters. The molecule has 1 fully saturated rings. The van der Waals surface area contributed by atoms with E-state index in [1.54, 1.807) is 17.7 Å². The van der Waals surface area contributed by atoms with Crippen LogP contribution in [-0.4, -0.2) is 49.8 Å². The molecule has 1 aliphatic rings. The molecular weight excluding hydrogens is 577 g/mol. The van der Waals surface area contributed by atoms with E-state index in [0.717, 1.165) is 62.8 Å². The van der Waals surface area contributed by atoms with Crippen LogP contribution in [-0.2, 0) is 11.2 Å². The number of carboxylic acids is 1. The van der Waals surface area contributed by atoms with Gasteiger partial charge in [0.05, 0.1) is 31.7 Å².